The van der Waals surface area contributed by atoms with Crippen molar-refractivity contribution in [1.82, 2.24) is 5.32 Å². The lowest BCUT2D eigenvalue weighted by Crippen LogP contribution is -2.23. The lowest BCUT2D eigenvalue weighted by atomic mass is 10.1. The minimum absolute atomic E-state index is 0.00640. The molecule has 0 radical (unpaired) electrons. The smallest absolute Gasteiger partial charge is 0.220 e. The maximum absolute atomic E-state index is 12.2. The maximum atomic E-state index is 12.2. The van der Waals surface area contributed by atoms with Crippen LogP contribution in [0.3, 0.4) is 0 Å². The fourth-order valence-corrected chi connectivity index (χ4v) is 2.50. The highest BCUT2D eigenvalue weighted by atomic mass is 16.5. The molecular weight excluding hydrogens is 318 g/mol. The van der Waals surface area contributed by atoms with Gasteiger partial charge in [-0.25, -0.2) is 0 Å². The molecule has 134 valence electrons. The molecule has 1 amide bonds. The van der Waals surface area contributed by atoms with Crippen molar-refractivity contribution in [3.8, 4) is 17.2 Å². The molecule has 0 saturated carbocycles. The fraction of sp³-hybridized carbons (Fsp3) is 0.350. The Morgan fingerprint density at radius 1 is 1.04 bits per heavy atom. The summed E-state index contributed by atoms with van der Waals surface area (Å²) in [7, 11) is 3.22. The molecule has 2 rings (SSSR count). The third-order valence-electron chi connectivity index (χ3n) is 3.80. The molecule has 0 unspecified atom stereocenters. The molecule has 0 bridgehead atoms. The first-order valence-electron chi connectivity index (χ1n) is 8.35. The normalized spacial score (nSPS) is 10.2. The number of amides is 1. The van der Waals surface area contributed by atoms with Crippen LogP contribution >= 0.6 is 0 Å². The SMILES string of the molecule is CCOc1ccccc1CNC(=O)CCc1cc(OC)cc(OC)c1. The minimum atomic E-state index is -0.00640. The Bertz CT molecular complexity index is 678. The summed E-state index contributed by atoms with van der Waals surface area (Å²) < 4.78 is 16.1. The van der Waals surface area contributed by atoms with Gasteiger partial charge in [0.05, 0.1) is 20.8 Å². The molecule has 0 heterocycles. The zero-order valence-corrected chi connectivity index (χ0v) is 15.0. The quantitative estimate of drug-likeness (QED) is 0.759. The highest BCUT2D eigenvalue weighted by molar-refractivity contribution is 5.76. The van der Waals surface area contributed by atoms with Crippen molar-refractivity contribution in [1.29, 1.82) is 0 Å². The first-order valence-corrected chi connectivity index (χ1v) is 8.35. The van der Waals surface area contributed by atoms with Gasteiger partial charge in [-0.1, -0.05) is 18.2 Å². The van der Waals surface area contributed by atoms with Gasteiger partial charge >= 0.3 is 0 Å². The molecule has 2 aromatic carbocycles. The molecule has 0 atom stereocenters. The summed E-state index contributed by atoms with van der Waals surface area (Å²) in [6.07, 6.45) is 1.01. The van der Waals surface area contributed by atoms with Gasteiger partial charge in [0.2, 0.25) is 5.91 Å². The first kappa shape index (κ1) is 18.6. The lowest BCUT2D eigenvalue weighted by molar-refractivity contribution is -0.121. The van der Waals surface area contributed by atoms with Gasteiger partial charge in [0.15, 0.2) is 0 Å². The highest BCUT2D eigenvalue weighted by Crippen LogP contribution is 2.23. The van der Waals surface area contributed by atoms with Crippen LogP contribution in [0.15, 0.2) is 42.5 Å². The fourth-order valence-electron chi connectivity index (χ4n) is 2.50. The third kappa shape index (κ3) is 5.71. The molecule has 25 heavy (non-hydrogen) atoms. The minimum Gasteiger partial charge on any atom is -0.497 e. The molecule has 5 nitrogen and oxygen atoms in total. The van der Waals surface area contributed by atoms with Crippen LogP contribution in [0.4, 0.5) is 0 Å². The van der Waals surface area contributed by atoms with Gasteiger partial charge in [-0.05, 0) is 37.1 Å². The molecule has 0 fully saturated rings. The van der Waals surface area contributed by atoms with E-state index < -0.39 is 0 Å². The Labute approximate surface area is 148 Å². The van der Waals surface area contributed by atoms with E-state index in [1.807, 2.05) is 49.4 Å². The molecule has 5 heteroatoms. The zero-order valence-electron chi connectivity index (χ0n) is 15.0. The summed E-state index contributed by atoms with van der Waals surface area (Å²) in [5.74, 6) is 2.25. The van der Waals surface area contributed by atoms with Crippen LogP contribution in [-0.4, -0.2) is 26.7 Å². The monoisotopic (exact) mass is 343 g/mol. The van der Waals surface area contributed by atoms with Gasteiger partial charge in [0.1, 0.15) is 17.2 Å². The summed E-state index contributed by atoms with van der Waals surface area (Å²) in [5.41, 5.74) is 1.97. The molecule has 1 N–H and O–H groups in total. The van der Waals surface area contributed by atoms with Crippen LogP contribution < -0.4 is 19.5 Å². The van der Waals surface area contributed by atoms with Gasteiger partial charge in [-0.2, -0.15) is 0 Å². The summed E-state index contributed by atoms with van der Waals surface area (Å²) in [6, 6.07) is 13.4. The van der Waals surface area contributed by atoms with Crippen molar-refractivity contribution in [2.24, 2.45) is 0 Å². The van der Waals surface area contributed by atoms with E-state index in [0.717, 1.165) is 28.4 Å². The molecule has 0 aliphatic carbocycles. The third-order valence-corrected chi connectivity index (χ3v) is 3.80. The number of hydrogen-bond acceptors (Lipinski definition) is 4. The van der Waals surface area contributed by atoms with E-state index in [4.69, 9.17) is 14.2 Å². The Morgan fingerprint density at radius 3 is 2.36 bits per heavy atom. The van der Waals surface area contributed by atoms with E-state index in [9.17, 15) is 4.79 Å². The molecule has 0 aliphatic rings. The number of rotatable bonds is 9. The Hall–Kier alpha value is -2.69. The van der Waals surface area contributed by atoms with E-state index in [1.54, 1.807) is 14.2 Å². The van der Waals surface area contributed by atoms with Gasteiger partial charge in [0.25, 0.3) is 0 Å². The van der Waals surface area contributed by atoms with Crippen LogP contribution in [0, 0.1) is 0 Å². The van der Waals surface area contributed by atoms with Gasteiger partial charge in [-0.15, -0.1) is 0 Å². The lowest BCUT2D eigenvalue weighted by Gasteiger charge is -2.11. The van der Waals surface area contributed by atoms with E-state index in [2.05, 4.69) is 5.32 Å². The summed E-state index contributed by atoms with van der Waals surface area (Å²) in [4.78, 5) is 12.2. The standard InChI is InChI=1S/C20H25NO4/c1-4-25-19-8-6-5-7-16(19)14-21-20(22)10-9-15-11-17(23-2)13-18(12-15)24-3/h5-8,11-13H,4,9-10,14H2,1-3H3,(H,21,22). The van der Waals surface area contributed by atoms with Crippen molar-refractivity contribution < 1.29 is 19.0 Å². The molecular formula is C20H25NO4. The topological polar surface area (TPSA) is 56.8 Å². The van der Waals surface area contributed by atoms with Gasteiger partial charge < -0.3 is 19.5 Å². The van der Waals surface area contributed by atoms with E-state index in [-0.39, 0.29) is 5.91 Å². The number of carbonyl (C=O) groups excluding carboxylic acids is 1. The Balaban J connectivity index is 1.89. The number of para-hydroxylation sites is 1. The number of ether oxygens (including phenoxy) is 3. The highest BCUT2D eigenvalue weighted by Gasteiger charge is 2.08. The zero-order chi connectivity index (χ0) is 18.1. The predicted octanol–water partition coefficient (Wildman–Crippen LogP) is 3.35. The number of carbonyl (C=O) groups is 1. The Kier molecular flexibility index (Phi) is 7.14. The van der Waals surface area contributed by atoms with Crippen LogP contribution in [0.1, 0.15) is 24.5 Å². The first-order chi connectivity index (χ1) is 12.2. The second-order valence-corrected chi connectivity index (χ2v) is 5.54. The number of nitrogens with one attached hydrogen (secondary N) is 1. The van der Waals surface area contributed by atoms with Crippen molar-refractivity contribution in [3.05, 3.63) is 53.6 Å². The summed E-state index contributed by atoms with van der Waals surface area (Å²) >= 11 is 0. The van der Waals surface area contributed by atoms with Crippen LogP contribution in [0.25, 0.3) is 0 Å². The van der Waals surface area contributed by atoms with Crippen LogP contribution in [0.2, 0.25) is 0 Å². The largest absolute Gasteiger partial charge is 0.497 e. The van der Waals surface area contributed by atoms with Crippen molar-refractivity contribution >= 4 is 5.91 Å². The molecule has 0 aromatic heterocycles. The van der Waals surface area contributed by atoms with Crippen molar-refractivity contribution in [2.75, 3.05) is 20.8 Å². The number of hydrogen-bond donors (Lipinski definition) is 1. The van der Waals surface area contributed by atoms with Crippen LogP contribution in [-0.2, 0) is 17.8 Å². The maximum Gasteiger partial charge on any atom is 0.220 e. The summed E-state index contributed by atoms with van der Waals surface area (Å²) in [6.45, 7) is 3.00. The van der Waals surface area contributed by atoms with E-state index >= 15 is 0 Å². The number of aryl methyl sites for hydroxylation is 1. The van der Waals surface area contributed by atoms with Crippen molar-refractivity contribution in [2.45, 2.75) is 26.3 Å². The number of benzene rings is 2. The van der Waals surface area contributed by atoms with Gasteiger partial charge in [-0.3, -0.25) is 4.79 Å². The van der Waals surface area contributed by atoms with Crippen molar-refractivity contribution in [3.63, 3.8) is 0 Å². The van der Waals surface area contributed by atoms with Gasteiger partial charge in [0, 0.05) is 24.6 Å². The molecule has 0 aliphatic heterocycles. The molecule has 0 saturated heterocycles. The average molecular weight is 343 g/mol. The Morgan fingerprint density at radius 2 is 1.72 bits per heavy atom. The van der Waals surface area contributed by atoms with E-state index in [0.29, 0.717) is 26.0 Å². The number of methoxy groups -OCH3 is 2. The second-order valence-electron chi connectivity index (χ2n) is 5.54. The second kappa shape index (κ2) is 9.57. The van der Waals surface area contributed by atoms with Crippen LogP contribution in [0.5, 0.6) is 17.2 Å². The molecule has 2 aromatic rings. The summed E-state index contributed by atoms with van der Waals surface area (Å²) in [5, 5.41) is 2.94. The average Bonchev–Trinajstić information content (AvgIpc) is 2.65. The van der Waals surface area contributed by atoms with E-state index in [1.165, 1.54) is 0 Å². The molecule has 0 spiro atoms. The predicted molar refractivity (Wildman–Crippen MR) is 97.3 cm³/mol.